The minimum absolute atomic E-state index is 0.0119. The molecule has 31 heavy (non-hydrogen) atoms. The van der Waals surface area contributed by atoms with Gasteiger partial charge < -0.3 is 14.9 Å². The number of aliphatic hydroxyl groups excluding tert-OH is 1. The number of benzene rings is 1. The van der Waals surface area contributed by atoms with Crippen LogP contribution in [0, 0.1) is 5.92 Å². The molecular weight excluding hydrogens is 388 g/mol. The molecule has 0 radical (unpaired) electrons. The van der Waals surface area contributed by atoms with Crippen molar-refractivity contribution in [1.29, 1.82) is 0 Å². The first kappa shape index (κ1) is 20.4. The van der Waals surface area contributed by atoms with Crippen molar-refractivity contribution in [2.24, 2.45) is 5.92 Å². The summed E-state index contributed by atoms with van der Waals surface area (Å²) < 4.78 is 0. The molecule has 3 aliphatic rings. The number of piperidine rings is 2. The van der Waals surface area contributed by atoms with Crippen LogP contribution in [0.15, 0.2) is 30.3 Å². The molecule has 6 nitrogen and oxygen atoms in total. The molecule has 0 bridgehead atoms. The summed E-state index contributed by atoms with van der Waals surface area (Å²) in [5.41, 5.74) is 3.56. The van der Waals surface area contributed by atoms with Crippen LogP contribution in [0.25, 0.3) is 11.4 Å². The van der Waals surface area contributed by atoms with Gasteiger partial charge >= 0.3 is 0 Å². The molecular formula is C25H32N4O2. The Hall–Kier alpha value is -2.47. The number of aliphatic hydroxyl groups is 1. The number of nitrogens with zero attached hydrogens (tertiary/aromatic N) is 4. The molecule has 0 saturated carbocycles. The molecule has 3 heterocycles. The lowest BCUT2D eigenvalue weighted by molar-refractivity contribution is -0.141. The Labute approximate surface area is 184 Å². The number of hydrogen-bond acceptors (Lipinski definition) is 5. The molecule has 1 N–H and O–H groups in total. The highest BCUT2D eigenvalue weighted by Gasteiger charge is 2.34. The van der Waals surface area contributed by atoms with Crippen LogP contribution in [0.5, 0.6) is 0 Å². The van der Waals surface area contributed by atoms with Crippen LogP contribution in [0.2, 0.25) is 0 Å². The van der Waals surface area contributed by atoms with Gasteiger partial charge in [0.1, 0.15) is 5.82 Å². The average Bonchev–Trinajstić information content (AvgIpc) is 3.32. The Morgan fingerprint density at radius 3 is 2.55 bits per heavy atom. The van der Waals surface area contributed by atoms with Gasteiger partial charge in [0.2, 0.25) is 5.91 Å². The first-order valence-electron chi connectivity index (χ1n) is 11.9. The molecule has 1 aromatic carbocycles. The maximum absolute atomic E-state index is 13.2. The van der Waals surface area contributed by atoms with Crippen LogP contribution >= 0.6 is 0 Å². The van der Waals surface area contributed by atoms with Gasteiger partial charge in [-0.1, -0.05) is 30.3 Å². The largest absolute Gasteiger partial charge is 0.394 e. The molecule has 164 valence electrons. The topological polar surface area (TPSA) is 69.6 Å². The van der Waals surface area contributed by atoms with E-state index in [2.05, 4.69) is 17.0 Å². The Morgan fingerprint density at radius 2 is 1.77 bits per heavy atom. The van der Waals surface area contributed by atoms with Crippen molar-refractivity contribution in [1.82, 2.24) is 14.9 Å². The summed E-state index contributed by atoms with van der Waals surface area (Å²) in [5, 5.41) is 9.69. The van der Waals surface area contributed by atoms with E-state index in [1.807, 2.05) is 23.1 Å². The zero-order valence-corrected chi connectivity index (χ0v) is 18.2. The SMILES string of the molecule is O=C(C1CCN(c2nc(-c3ccccc3)nc3c2CCC3)CC1)N1CCCCC1CO. The van der Waals surface area contributed by atoms with E-state index in [1.165, 1.54) is 11.3 Å². The van der Waals surface area contributed by atoms with Crippen molar-refractivity contribution >= 4 is 11.7 Å². The highest BCUT2D eigenvalue weighted by Crippen LogP contribution is 2.34. The number of amides is 1. The van der Waals surface area contributed by atoms with E-state index in [-0.39, 0.29) is 24.5 Å². The molecule has 1 aliphatic carbocycles. The van der Waals surface area contributed by atoms with Crippen molar-refractivity contribution in [3.63, 3.8) is 0 Å². The third kappa shape index (κ3) is 4.05. The van der Waals surface area contributed by atoms with E-state index in [1.54, 1.807) is 0 Å². The highest BCUT2D eigenvalue weighted by molar-refractivity contribution is 5.79. The van der Waals surface area contributed by atoms with Crippen molar-refractivity contribution in [2.45, 2.75) is 57.4 Å². The summed E-state index contributed by atoms with van der Waals surface area (Å²) in [6, 6.07) is 10.2. The van der Waals surface area contributed by atoms with Gasteiger partial charge in [-0.2, -0.15) is 0 Å². The van der Waals surface area contributed by atoms with Gasteiger partial charge in [0.15, 0.2) is 5.82 Å². The van der Waals surface area contributed by atoms with Crippen LogP contribution in [0.1, 0.15) is 49.8 Å². The Kier molecular flexibility index (Phi) is 5.90. The number of hydrogen-bond donors (Lipinski definition) is 1. The molecule has 1 amide bonds. The van der Waals surface area contributed by atoms with Crippen LogP contribution < -0.4 is 4.90 Å². The number of carbonyl (C=O) groups excluding carboxylic acids is 1. The summed E-state index contributed by atoms with van der Waals surface area (Å²) in [6.07, 6.45) is 8.01. The normalized spacial score (nSPS) is 21.9. The molecule has 2 saturated heterocycles. The van der Waals surface area contributed by atoms with Crippen LogP contribution in [-0.2, 0) is 17.6 Å². The van der Waals surface area contributed by atoms with Gasteiger partial charge in [0.25, 0.3) is 0 Å². The second-order valence-electron chi connectivity index (χ2n) is 9.14. The van der Waals surface area contributed by atoms with Crippen LogP contribution in [-0.4, -0.2) is 58.2 Å². The second-order valence-corrected chi connectivity index (χ2v) is 9.14. The summed E-state index contributed by atoms with van der Waals surface area (Å²) in [5.74, 6) is 2.20. The summed E-state index contributed by atoms with van der Waals surface area (Å²) in [7, 11) is 0. The van der Waals surface area contributed by atoms with E-state index in [0.717, 1.165) is 88.2 Å². The summed E-state index contributed by atoms with van der Waals surface area (Å²) >= 11 is 0. The van der Waals surface area contributed by atoms with Gasteiger partial charge in [0, 0.05) is 42.4 Å². The summed E-state index contributed by atoms with van der Waals surface area (Å²) in [6.45, 7) is 2.58. The number of anilines is 1. The number of fused-ring (bicyclic) bond motifs is 1. The van der Waals surface area contributed by atoms with Crippen molar-refractivity contribution < 1.29 is 9.90 Å². The third-order valence-electron chi connectivity index (χ3n) is 7.21. The molecule has 2 aliphatic heterocycles. The Balaban J connectivity index is 1.33. The summed E-state index contributed by atoms with van der Waals surface area (Å²) in [4.78, 5) is 27.4. The molecule has 2 aromatic rings. The molecule has 1 unspecified atom stereocenters. The van der Waals surface area contributed by atoms with E-state index in [9.17, 15) is 9.90 Å². The van der Waals surface area contributed by atoms with Gasteiger partial charge in [0.05, 0.1) is 12.6 Å². The maximum Gasteiger partial charge on any atom is 0.226 e. The quantitative estimate of drug-likeness (QED) is 0.823. The first-order valence-corrected chi connectivity index (χ1v) is 11.9. The fourth-order valence-electron chi connectivity index (χ4n) is 5.44. The smallest absolute Gasteiger partial charge is 0.226 e. The van der Waals surface area contributed by atoms with Crippen molar-refractivity contribution in [2.75, 3.05) is 31.1 Å². The van der Waals surface area contributed by atoms with Gasteiger partial charge in [-0.15, -0.1) is 0 Å². The number of likely N-dealkylation sites (tertiary alicyclic amines) is 1. The molecule has 6 heteroatoms. The molecule has 5 rings (SSSR count). The Bertz CT molecular complexity index is 925. The lowest BCUT2D eigenvalue weighted by Gasteiger charge is -2.39. The van der Waals surface area contributed by atoms with E-state index < -0.39 is 0 Å². The zero-order valence-electron chi connectivity index (χ0n) is 18.2. The van der Waals surface area contributed by atoms with Crippen molar-refractivity contribution in [3.8, 4) is 11.4 Å². The number of aromatic nitrogens is 2. The predicted octanol–water partition coefficient (Wildman–Crippen LogP) is 3.22. The van der Waals surface area contributed by atoms with Gasteiger partial charge in [-0.05, 0) is 51.4 Å². The third-order valence-corrected chi connectivity index (χ3v) is 7.21. The Morgan fingerprint density at radius 1 is 0.968 bits per heavy atom. The van der Waals surface area contributed by atoms with Crippen molar-refractivity contribution in [3.05, 3.63) is 41.6 Å². The zero-order chi connectivity index (χ0) is 21.2. The number of carbonyl (C=O) groups is 1. The maximum atomic E-state index is 13.2. The van der Waals surface area contributed by atoms with Gasteiger partial charge in [-0.3, -0.25) is 4.79 Å². The standard InChI is InChI=1S/C25H32N4O2/c30-17-20-9-4-5-14-29(20)25(31)19-12-15-28(16-13-19)24-21-10-6-11-22(21)26-23(27-24)18-7-2-1-3-8-18/h1-3,7-8,19-20,30H,4-6,9-17H2. The molecule has 2 fully saturated rings. The number of rotatable bonds is 4. The lowest BCUT2D eigenvalue weighted by Crippen LogP contribution is -2.50. The van der Waals surface area contributed by atoms with E-state index in [4.69, 9.17) is 9.97 Å². The predicted molar refractivity (Wildman–Crippen MR) is 121 cm³/mol. The molecule has 1 aromatic heterocycles. The fraction of sp³-hybridized carbons (Fsp3) is 0.560. The highest BCUT2D eigenvalue weighted by atomic mass is 16.3. The van der Waals surface area contributed by atoms with Crippen LogP contribution in [0.3, 0.4) is 0 Å². The monoisotopic (exact) mass is 420 g/mol. The van der Waals surface area contributed by atoms with E-state index >= 15 is 0 Å². The molecule has 0 spiro atoms. The fourth-order valence-corrected chi connectivity index (χ4v) is 5.44. The number of aryl methyl sites for hydroxylation is 1. The van der Waals surface area contributed by atoms with Gasteiger partial charge in [-0.25, -0.2) is 9.97 Å². The lowest BCUT2D eigenvalue weighted by atomic mass is 9.92. The average molecular weight is 421 g/mol. The van der Waals surface area contributed by atoms with Crippen LogP contribution in [0.4, 0.5) is 5.82 Å². The molecule has 1 atom stereocenters. The first-order chi connectivity index (χ1) is 15.2. The van der Waals surface area contributed by atoms with E-state index in [0.29, 0.717) is 0 Å². The minimum Gasteiger partial charge on any atom is -0.394 e. The second kappa shape index (κ2) is 8.95. The minimum atomic E-state index is 0.0119.